The first-order chi connectivity index (χ1) is 21.1. The molecule has 1 atom stereocenters. The number of aliphatic imine (C=N–C) groups is 1. The first-order valence-corrected chi connectivity index (χ1v) is 13.8. The molecule has 1 aromatic heterocycles. The normalized spacial score (nSPS) is 11.9. The number of guanidine groups is 1. The number of likely N-dealkylation sites (N-methyl/N-ethyl adjacent to an activating group) is 1. The number of amides is 5. The number of carbonyl (C=O) groups is 3. The number of benzene rings is 2. The first kappa shape index (κ1) is 33.7. The van der Waals surface area contributed by atoms with Crippen LogP contribution in [0.2, 0.25) is 5.02 Å². The van der Waals surface area contributed by atoms with E-state index in [4.69, 9.17) is 27.2 Å². The van der Waals surface area contributed by atoms with Crippen LogP contribution in [0.4, 0.5) is 29.0 Å². The standard InChI is InChI=1S/C28H33ClF2N8O5/c1-39(27(42)36-15-18-4-2-6-22(31)24(18)29)21(5-3-9-33-26(34-10-11-40)38-25(32)41)16-44-28(43)37-23-13-19-12-20(30)8-7-17(19)14-35-23/h2,4,6-8,12-14,21,40H,3,5,9-11,15-16H2,1H3,(H,36,42)(H,35,37,43)(H4,32,33,34,38,41)/t21-/m0/s1. The molecular formula is C28H33ClF2N8O5. The Kier molecular flexibility index (Phi) is 12.9. The van der Waals surface area contributed by atoms with Gasteiger partial charge in [-0.3, -0.25) is 15.6 Å². The fourth-order valence-corrected chi connectivity index (χ4v) is 4.17. The van der Waals surface area contributed by atoms with Gasteiger partial charge in [-0.15, -0.1) is 0 Å². The lowest BCUT2D eigenvalue weighted by Crippen LogP contribution is -2.46. The topological polar surface area (TPSA) is 183 Å². The highest BCUT2D eigenvalue weighted by Gasteiger charge is 2.22. The lowest BCUT2D eigenvalue weighted by atomic mass is 10.1. The van der Waals surface area contributed by atoms with Crippen LogP contribution < -0.4 is 27.0 Å². The van der Waals surface area contributed by atoms with Gasteiger partial charge in [0, 0.05) is 38.3 Å². The summed E-state index contributed by atoms with van der Waals surface area (Å²) in [6.07, 6.45) is 1.32. The van der Waals surface area contributed by atoms with Gasteiger partial charge in [-0.05, 0) is 54.1 Å². The van der Waals surface area contributed by atoms with Crippen LogP contribution in [0.25, 0.3) is 10.8 Å². The number of ether oxygens (including phenoxy) is 1. The summed E-state index contributed by atoms with van der Waals surface area (Å²) < 4.78 is 32.8. The lowest BCUT2D eigenvalue weighted by molar-refractivity contribution is 0.113. The third kappa shape index (κ3) is 10.5. The van der Waals surface area contributed by atoms with Crippen LogP contribution in [0.3, 0.4) is 0 Å². The molecule has 0 aliphatic heterocycles. The van der Waals surface area contributed by atoms with E-state index < -0.39 is 35.8 Å². The molecule has 0 fully saturated rings. The molecule has 0 saturated heterocycles. The largest absolute Gasteiger partial charge is 0.447 e. The summed E-state index contributed by atoms with van der Waals surface area (Å²) in [4.78, 5) is 46.5. The van der Waals surface area contributed by atoms with Crippen LogP contribution >= 0.6 is 11.6 Å². The van der Waals surface area contributed by atoms with E-state index in [0.717, 1.165) is 0 Å². The highest BCUT2D eigenvalue weighted by Crippen LogP contribution is 2.20. The number of aromatic nitrogens is 1. The van der Waals surface area contributed by atoms with Gasteiger partial charge in [-0.25, -0.2) is 28.1 Å². The fourth-order valence-electron chi connectivity index (χ4n) is 3.98. The molecule has 0 unspecified atom stereocenters. The summed E-state index contributed by atoms with van der Waals surface area (Å²) in [5.74, 6) is -0.845. The van der Waals surface area contributed by atoms with Gasteiger partial charge in [-0.2, -0.15) is 0 Å². The molecule has 0 saturated carbocycles. The van der Waals surface area contributed by atoms with Crippen molar-refractivity contribution in [2.45, 2.75) is 25.4 Å². The van der Waals surface area contributed by atoms with E-state index in [-0.39, 0.29) is 49.6 Å². The Morgan fingerprint density at radius 3 is 2.70 bits per heavy atom. The third-order valence-corrected chi connectivity index (χ3v) is 6.68. The second-order valence-corrected chi connectivity index (χ2v) is 9.81. The maximum Gasteiger partial charge on any atom is 0.412 e. The first-order valence-electron chi connectivity index (χ1n) is 13.5. The Labute approximate surface area is 256 Å². The van der Waals surface area contributed by atoms with E-state index in [0.29, 0.717) is 29.2 Å². The second-order valence-electron chi connectivity index (χ2n) is 9.43. The van der Waals surface area contributed by atoms with Crippen molar-refractivity contribution >= 4 is 52.3 Å². The number of hydrogen-bond donors (Lipinski definition) is 6. The van der Waals surface area contributed by atoms with E-state index in [1.54, 1.807) is 12.1 Å². The van der Waals surface area contributed by atoms with Crippen molar-refractivity contribution in [3.63, 3.8) is 0 Å². The maximum atomic E-state index is 13.8. The molecule has 44 heavy (non-hydrogen) atoms. The zero-order valence-corrected chi connectivity index (χ0v) is 24.5. The van der Waals surface area contributed by atoms with Crippen LogP contribution in [0, 0.1) is 11.6 Å². The molecule has 0 aliphatic carbocycles. The van der Waals surface area contributed by atoms with Gasteiger partial charge in [0.15, 0.2) is 5.96 Å². The minimum atomic E-state index is -0.849. The molecule has 0 spiro atoms. The molecule has 0 bridgehead atoms. The molecule has 5 amide bonds. The smallest absolute Gasteiger partial charge is 0.412 e. The van der Waals surface area contributed by atoms with Crippen molar-refractivity contribution in [3.05, 3.63) is 70.9 Å². The zero-order chi connectivity index (χ0) is 32.1. The highest BCUT2D eigenvalue weighted by atomic mass is 35.5. The fraction of sp³-hybridized carbons (Fsp3) is 0.321. The third-order valence-electron chi connectivity index (χ3n) is 6.26. The average molecular weight is 635 g/mol. The minimum Gasteiger partial charge on any atom is -0.447 e. The SMILES string of the molecule is CN(C(=O)NCc1cccc(F)c1Cl)[C@@H](CCCN=C(NCCO)NC(N)=O)COC(=O)Nc1cc2cc(F)ccc2cn1. The minimum absolute atomic E-state index is 0.0506. The van der Waals surface area contributed by atoms with Crippen molar-refractivity contribution in [1.82, 2.24) is 25.8 Å². The number of aliphatic hydroxyl groups is 1. The molecule has 1 heterocycles. The molecule has 16 heteroatoms. The van der Waals surface area contributed by atoms with Gasteiger partial charge >= 0.3 is 18.2 Å². The van der Waals surface area contributed by atoms with Crippen LogP contribution in [-0.4, -0.2) is 78.5 Å². The number of primary amides is 1. The van der Waals surface area contributed by atoms with Crippen LogP contribution in [0.5, 0.6) is 0 Å². The number of halogens is 3. The van der Waals surface area contributed by atoms with E-state index in [9.17, 15) is 23.2 Å². The average Bonchev–Trinajstić information content (AvgIpc) is 2.99. The number of aliphatic hydroxyl groups excluding tert-OH is 1. The summed E-state index contributed by atoms with van der Waals surface area (Å²) in [5, 5.41) is 20.3. The summed E-state index contributed by atoms with van der Waals surface area (Å²) in [6, 6.07) is 7.89. The van der Waals surface area contributed by atoms with Crippen molar-refractivity contribution in [2.24, 2.45) is 10.7 Å². The Balaban J connectivity index is 1.65. The molecule has 236 valence electrons. The van der Waals surface area contributed by atoms with Crippen LogP contribution in [0.1, 0.15) is 18.4 Å². The number of fused-ring (bicyclic) bond motifs is 1. The molecular weight excluding hydrogens is 602 g/mol. The van der Waals surface area contributed by atoms with Gasteiger partial charge in [0.25, 0.3) is 0 Å². The summed E-state index contributed by atoms with van der Waals surface area (Å²) in [7, 11) is 1.50. The summed E-state index contributed by atoms with van der Waals surface area (Å²) >= 11 is 5.99. The van der Waals surface area contributed by atoms with E-state index in [2.05, 4.69) is 31.2 Å². The van der Waals surface area contributed by atoms with Crippen molar-refractivity contribution < 1.29 is 33.0 Å². The van der Waals surface area contributed by atoms with E-state index in [1.807, 2.05) is 0 Å². The Hall–Kier alpha value is -4.76. The van der Waals surface area contributed by atoms with Crippen molar-refractivity contribution in [2.75, 3.05) is 38.7 Å². The van der Waals surface area contributed by atoms with Gasteiger partial charge in [-0.1, -0.05) is 23.7 Å². The van der Waals surface area contributed by atoms with Crippen LogP contribution in [0.15, 0.2) is 53.7 Å². The molecule has 7 N–H and O–H groups in total. The van der Waals surface area contributed by atoms with Gasteiger partial charge in [0.1, 0.15) is 24.1 Å². The number of carbonyl (C=O) groups excluding carboxylic acids is 3. The molecule has 2 aromatic carbocycles. The number of rotatable bonds is 12. The van der Waals surface area contributed by atoms with Gasteiger partial charge in [0.05, 0.1) is 17.7 Å². The summed E-state index contributed by atoms with van der Waals surface area (Å²) in [5.41, 5.74) is 5.52. The number of nitrogens with zero attached hydrogens (tertiary/aromatic N) is 3. The number of nitrogens with one attached hydrogen (secondary N) is 4. The van der Waals surface area contributed by atoms with Crippen molar-refractivity contribution in [3.8, 4) is 0 Å². The monoisotopic (exact) mass is 634 g/mol. The van der Waals surface area contributed by atoms with Gasteiger partial charge < -0.3 is 31.1 Å². The quantitative estimate of drug-likeness (QED) is 0.100. The predicted molar refractivity (Wildman–Crippen MR) is 161 cm³/mol. The Morgan fingerprint density at radius 2 is 1.95 bits per heavy atom. The number of hydrogen-bond acceptors (Lipinski definition) is 7. The molecule has 0 aliphatic rings. The summed E-state index contributed by atoms with van der Waals surface area (Å²) in [6.45, 7) is -0.164. The number of pyridine rings is 1. The van der Waals surface area contributed by atoms with E-state index >= 15 is 0 Å². The zero-order valence-electron chi connectivity index (χ0n) is 23.8. The molecule has 13 nitrogen and oxygen atoms in total. The van der Waals surface area contributed by atoms with Crippen LogP contribution in [-0.2, 0) is 11.3 Å². The Bertz CT molecular complexity index is 1500. The van der Waals surface area contributed by atoms with Gasteiger partial charge in [0.2, 0.25) is 0 Å². The predicted octanol–water partition coefficient (Wildman–Crippen LogP) is 3.31. The lowest BCUT2D eigenvalue weighted by Gasteiger charge is -2.28. The highest BCUT2D eigenvalue weighted by molar-refractivity contribution is 6.31. The number of urea groups is 2. The second kappa shape index (κ2) is 16.8. The number of anilines is 1. The molecule has 3 rings (SSSR count). The van der Waals surface area contributed by atoms with Crippen molar-refractivity contribution in [1.29, 1.82) is 0 Å². The number of nitrogens with two attached hydrogens (primary N) is 1. The Morgan fingerprint density at radius 1 is 1.16 bits per heavy atom. The molecule has 0 radical (unpaired) electrons. The maximum absolute atomic E-state index is 13.8. The van der Waals surface area contributed by atoms with E-state index in [1.165, 1.54) is 48.5 Å². The molecule has 3 aromatic rings.